The molecule has 3 N–H and O–H groups in total. The normalized spacial score (nSPS) is 12.7. The maximum Gasteiger partial charge on any atom is 0.0667 e. The first-order chi connectivity index (χ1) is 9.10. The maximum absolute atomic E-state index is 5.98. The van der Waals surface area contributed by atoms with E-state index < -0.39 is 0 Å². The van der Waals surface area contributed by atoms with Crippen LogP contribution in [-0.2, 0) is 0 Å². The van der Waals surface area contributed by atoms with Gasteiger partial charge in [0.05, 0.1) is 12.2 Å². The second-order valence-electron chi connectivity index (χ2n) is 4.79. The van der Waals surface area contributed by atoms with E-state index in [9.17, 15) is 0 Å². The van der Waals surface area contributed by atoms with Crippen molar-refractivity contribution in [2.75, 3.05) is 11.9 Å². The minimum atomic E-state index is 0.0333. The van der Waals surface area contributed by atoms with E-state index in [2.05, 4.69) is 24.3 Å². The Balaban J connectivity index is 2.15. The van der Waals surface area contributed by atoms with Crippen LogP contribution >= 0.6 is 11.6 Å². The molecular formula is C14H19ClN4. The average molecular weight is 279 g/mol. The van der Waals surface area contributed by atoms with Gasteiger partial charge in [0.15, 0.2) is 0 Å². The van der Waals surface area contributed by atoms with E-state index in [-0.39, 0.29) is 6.04 Å². The molecule has 0 aliphatic rings. The molecule has 0 aliphatic carbocycles. The number of aromatic nitrogens is 2. The number of nitrogens with zero attached hydrogens (tertiary/aromatic N) is 2. The molecule has 0 saturated heterocycles. The minimum absolute atomic E-state index is 0.0333. The van der Waals surface area contributed by atoms with E-state index in [1.165, 1.54) is 0 Å². The van der Waals surface area contributed by atoms with Crippen LogP contribution < -0.4 is 11.1 Å². The summed E-state index contributed by atoms with van der Waals surface area (Å²) in [6.45, 7) is 4.69. The zero-order chi connectivity index (χ0) is 13.8. The lowest BCUT2D eigenvalue weighted by molar-refractivity contribution is 0.531. The van der Waals surface area contributed by atoms with Crippen LogP contribution in [0.25, 0.3) is 0 Å². The molecule has 0 aliphatic heterocycles. The lowest BCUT2D eigenvalue weighted by atomic mass is 10.1. The topological polar surface area (TPSA) is 55.9 Å². The van der Waals surface area contributed by atoms with Gasteiger partial charge in [-0.3, -0.25) is 4.68 Å². The summed E-state index contributed by atoms with van der Waals surface area (Å²) < 4.78 is 1.93. The predicted molar refractivity (Wildman–Crippen MR) is 79.5 cm³/mol. The van der Waals surface area contributed by atoms with Gasteiger partial charge in [-0.1, -0.05) is 17.7 Å². The largest absolute Gasteiger partial charge is 0.377 e. The molecule has 2 aromatic rings. The van der Waals surface area contributed by atoms with Crippen LogP contribution in [0, 0.1) is 0 Å². The molecule has 0 bridgehead atoms. The van der Waals surface area contributed by atoms with Crippen LogP contribution in [0.2, 0.25) is 5.02 Å². The number of hydrogen-bond donors (Lipinski definition) is 2. The highest BCUT2D eigenvalue weighted by Gasteiger charge is 2.12. The van der Waals surface area contributed by atoms with Crippen LogP contribution in [0.1, 0.15) is 31.5 Å². The van der Waals surface area contributed by atoms with Crippen molar-refractivity contribution in [2.45, 2.75) is 25.9 Å². The molecule has 102 valence electrons. The lowest BCUT2D eigenvalue weighted by Gasteiger charge is -2.17. The molecule has 2 rings (SSSR count). The quantitative estimate of drug-likeness (QED) is 0.883. The maximum atomic E-state index is 5.98. The number of hydrogen-bond acceptors (Lipinski definition) is 3. The predicted octanol–water partition coefficient (Wildman–Crippen LogP) is 3.23. The first kappa shape index (κ1) is 13.9. The summed E-state index contributed by atoms with van der Waals surface area (Å²) in [5.41, 5.74) is 7.88. The summed E-state index contributed by atoms with van der Waals surface area (Å²) in [4.78, 5) is 0. The Hall–Kier alpha value is -1.52. The number of anilines is 1. The summed E-state index contributed by atoms with van der Waals surface area (Å²) in [5.74, 6) is 0. The van der Waals surface area contributed by atoms with E-state index in [1.807, 2.05) is 41.3 Å². The van der Waals surface area contributed by atoms with Gasteiger partial charge in [0.1, 0.15) is 0 Å². The Morgan fingerprint density at radius 3 is 2.79 bits per heavy atom. The van der Waals surface area contributed by atoms with Gasteiger partial charge in [-0.15, -0.1) is 0 Å². The van der Waals surface area contributed by atoms with Crippen molar-refractivity contribution in [3.8, 4) is 0 Å². The van der Waals surface area contributed by atoms with E-state index in [1.54, 1.807) is 0 Å². The third-order valence-corrected chi connectivity index (χ3v) is 3.19. The summed E-state index contributed by atoms with van der Waals surface area (Å²) in [5, 5.41) is 8.42. The minimum Gasteiger partial charge on any atom is -0.377 e. The second-order valence-corrected chi connectivity index (χ2v) is 5.23. The lowest BCUT2D eigenvalue weighted by Crippen LogP contribution is -2.20. The molecule has 0 spiro atoms. The first-order valence-electron chi connectivity index (χ1n) is 6.36. The molecular weight excluding hydrogens is 260 g/mol. The van der Waals surface area contributed by atoms with Crippen LogP contribution in [0.3, 0.4) is 0 Å². The fourth-order valence-electron chi connectivity index (χ4n) is 1.87. The molecule has 1 atom stereocenters. The Kier molecular flexibility index (Phi) is 4.45. The summed E-state index contributed by atoms with van der Waals surface area (Å²) in [6.07, 6.45) is 3.88. The third-order valence-electron chi connectivity index (χ3n) is 2.95. The van der Waals surface area contributed by atoms with Crippen molar-refractivity contribution in [1.82, 2.24) is 9.78 Å². The highest BCUT2D eigenvalue weighted by atomic mass is 35.5. The summed E-state index contributed by atoms with van der Waals surface area (Å²) in [7, 11) is 0. The van der Waals surface area contributed by atoms with E-state index in [0.717, 1.165) is 11.3 Å². The van der Waals surface area contributed by atoms with Crippen LogP contribution in [-0.4, -0.2) is 16.3 Å². The Bertz CT molecular complexity index is 536. The van der Waals surface area contributed by atoms with Gasteiger partial charge in [0.25, 0.3) is 0 Å². The fraction of sp³-hybridized carbons (Fsp3) is 0.357. The number of halogens is 1. The summed E-state index contributed by atoms with van der Waals surface area (Å²) in [6, 6.07) is 8.00. The number of nitrogens with one attached hydrogen (secondary N) is 1. The van der Waals surface area contributed by atoms with Crippen molar-refractivity contribution < 1.29 is 0 Å². The van der Waals surface area contributed by atoms with Crippen molar-refractivity contribution >= 4 is 17.3 Å². The molecule has 1 aromatic carbocycles. The second kappa shape index (κ2) is 6.08. The van der Waals surface area contributed by atoms with Crippen molar-refractivity contribution in [1.29, 1.82) is 0 Å². The molecule has 0 amide bonds. The molecule has 19 heavy (non-hydrogen) atoms. The van der Waals surface area contributed by atoms with Gasteiger partial charge in [-0.05, 0) is 32.0 Å². The van der Waals surface area contributed by atoms with Gasteiger partial charge in [-0.2, -0.15) is 5.10 Å². The van der Waals surface area contributed by atoms with Crippen molar-refractivity contribution in [3.05, 3.63) is 47.2 Å². The molecule has 1 aromatic heterocycles. The van der Waals surface area contributed by atoms with Crippen LogP contribution in [0.15, 0.2) is 36.7 Å². The van der Waals surface area contributed by atoms with Gasteiger partial charge in [-0.25, -0.2) is 0 Å². The molecule has 1 heterocycles. The Labute approximate surface area is 118 Å². The monoisotopic (exact) mass is 278 g/mol. The highest BCUT2D eigenvalue weighted by molar-refractivity contribution is 6.30. The number of nitrogens with two attached hydrogens (primary N) is 1. The molecule has 0 radical (unpaired) electrons. The zero-order valence-electron chi connectivity index (χ0n) is 11.2. The smallest absolute Gasteiger partial charge is 0.0667 e. The molecule has 1 unspecified atom stereocenters. The number of rotatable bonds is 5. The molecule has 0 saturated carbocycles. The highest BCUT2D eigenvalue weighted by Crippen LogP contribution is 2.21. The molecule has 5 heteroatoms. The SMILES string of the molecule is CC(C)n1cc(C(CN)Nc2cccc(Cl)c2)cn1. The molecule has 4 nitrogen and oxygen atoms in total. The van der Waals surface area contributed by atoms with E-state index in [0.29, 0.717) is 17.6 Å². The van der Waals surface area contributed by atoms with E-state index in [4.69, 9.17) is 17.3 Å². The zero-order valence-corrected chi connectivity index (χ0v) is 11.9. The van der Waals surface area contributed by atoms with Gasteiger partial charge in [0, 0.05) is 35.1 Å². The Morgan fingerprint density at radius 1 is 1.42 bits per heavy atom. The van der Waals surface area contributed by atoms with Gasteiger partial charge < -0.3 is 11.1 Å². The van der Waals surface area contributed by atoms with Crippen LogP contribution in [0.4, 0.5) is 5.69 Å². The molecule has 0 fully saturated rings. The van der Waals surface area contributed by atoms with Gasteiger partial charge in [0.2, 0.25) is 0 Å². The fourth-order valence-corrected chi connectivity index (χ4v) is 2.06. The first-order valence-corrected chi connectivity index (χ1v) is 6.74. The number of benzene rings is 1. The van der Waals surface area contributed by atoms with Crippen molar-refractivity contribution in [2.24, 2.45) is 5.73 Å². The Morgan fingerprint density at radius 2 is 2.21 bits per heavy atom. The standard InChI is InChI=1S/C14H19ClN4/c1-10(2)19-9-11(8-17-19)14(7-16)18-13-5-3-4-12(15)6-13/h3-6,8-10,14,18H,7,16H2,1-2H3. The third kappa shape index (κ3) is 3.49. The summed E-state index contributed by atoms with van der Waals surface area (Å²) >= 11 is 5.98. The average Bonchev–Trinajstić information content (AvgIpc) is 2.85. The van der Waals surface area contributed by atoms with Gasteiger partial charge >= 0.3 is 0 Å². The van der Waals surface area contributed by atoms with Crippen molar-refractivity contribution in [3.63, 3.8) is 0 Å². The van der Waals surface area contributed by atoms with Crippen LogP contribution in [0.5, 0.6) is 0 Å². The van der Waals surface area contributed by atoms with E-state index >= 15 is 0 Å².